The molecule has 1 fully saturated rings. The highest BCUT2D eigenvalue weighted by molar-refractivity contribution is 6.30. The number of imidazole rings is 1. The number of hydrogen-bond donors (Lipinski definition) is 2. The quantitative estimate of drug-likeness (QED) is 0.130. The number of ether oxygens (including phenoxy) is 3. The van der Waals surface area contributed by atoms with Gasteiger partial charge in [0.1, 0.15) is 17.2 Å². The molecule has 3 N–H and O–H groups in total. The molecule has 2 atom stereocenters. The molecular formula is C30H34ClN7O4. The van der Waals surface area contributed by atoms with Gasteiger partial charge in [-0.25, -0.2) is 4.98 Å². The standard InChI is InChI=1S/C30H34ClN7O4/c1-18(40-3)16-38-24-15-33-23(29(32)36-39)13-22(24)35-27(38)17-37-11-9-19(10-12-37)21-5-4-6-25-28(21)42-30(2,41-25)26-8-7-20(31)14-34-26/h4-8,13-15,18-19,39H,9-12,16-17H2,1-3H3,(H2,32,36)/t18-,30?/m1/s1. The summed E-state index contributed by atoms with van der Waals surface area (Å²) in [4.78, 5) is 16.2. The summed E-state index contributed by atoms with van der Waals surface area (Å²) in [5.41, 5.74) is 9.62. The number of benzene rings is 1. The fraction of sp³-hybridized carbons (Fsp3) is 0.400. The number of rotatable bonds is 8. The molecule has 2 aliphatic heterocycles. The minimum absolute atomic E-state index is 0.00760. The molecule has 12 heteroatoms. The third kappa shape index (κ3) is 5.35. The van der Waals surface area contributed by atoms with E-state index in [-0.39, 0.29) is 11.9 Å². The van der Waals surface area contributed by atoms with Crippen molar-refractivity contribution in [1.29, 1.82) is 0 Å². The van der Waals surface area contributed by atoms with Gasteiger partial charge in [0.2, 0.25) is 0 Å². The molecule has 220 valence electrons. The summed E-state index contributed by atoms with van der Waals surface area (Å²) in [6, 6.07) is 11.5. The minimum atomic E-state index is -1.01. The fourth-order valence-electron chi connectivity index (χ4n) is 5.74. The summed E-state index contributed by atoms with van der Waals surface area (Å²) in [6.07, 6.45) is 5.26. The Bertz CT molecular complexity index is 1620. The lowest BCUT2D eigenvalue weighted by molar-refractivity contribution is -0.0722. The number of nitrogens with zero attached hydrogens (tertiary/aromatic N) is 6. The molecule has 6 rings (SSSR count). The highest BCUT2D eigenvalue weighted by Crippen LogP contribution is 2.49. The number of amidine groups is 1. The number of pyridine rings is 2. The number of halogens is 1. The lowest BCUT2D eigenvalue weighted by atomic mass is 9.88. The van der Waals surface area contributed by atoms with Crippen LogP contribution in [-0.2, 0) is 23.6 Å². The molecule has 0 bridgehead atoms. The second kappa shape index (κ2) is 11.4. The van der Waals surface area contributed by atoms with Gasteiger partial charge in [-0.1, -0.05) is 28.9 Å². The lowest BCUT2D eigenvalue weighted by Crippen LogP contribution is -2.34. The molecule has 0 radical (unpaired) electrons. The Balaban J connectivity index is 1.18. The van der Waals surface area contributed by atoms with E-state index in [9.17, 15) is 0 Å². The lowest BCUT2D eigenvalue weighted by Gasteiger charge is -2.32. The number of methoxy groups -OCH3 is 1. The monoisotopic (exact) mass is 591 g/mol. The number of hydrogen-bond acceptors (Lipinski definition) is 9. The van der Waals surface area contributed by atoms with Crippen LogP contribution in [-0.4, -0.2) is 61.8 Å². The van der Waals surface area contributed by atoms with E-state index in [2.05, 4.69) is 30.7 Å². The number of oxime groups is 1. The smallest absolute Gasteiger partial charge is 0.292 e. The van der Waals surface area contributed by atoms with E-state index in [0.29, 0.717) is 35.4 Å². The summed E-state index contributed by atoms with van der Waals surface area (Å²) < 4.78 is 20.4. The van der Waals surface area contributed by atoms with Crippen LogP contribution in [0, 0.1) is 0 Å². The second-order valence-electron chi connectivity index (χ2n) is 11.0. The number of fused-ring (bicyclic) bond motifs is 2. The van der Waals surface area contributed by atoms with Gasteiger partial charge < -0.3 is 29.7 Å². The van der Waals surface area contributed by atoms with Crippen LogP contribution in [0.25, 0.3) is 11.0 Å². The highest BCUT2D eigenvalue weighted by Gasteiger charge is 2.42. The topological polar surface area (TPSA) is 133 Å². The van der Waals surface area contributed by atoms with Crippen LogP contribution < -0.4 is 15.2 Å². The predicted molar refractivity (Wildman–Crippen MR) is 158 cm³/mol. The molecule has 1 saturated heterocycles. The van der Waals surface area contributed by atoms with E-state index >= 15 is 0 Å². The zero-order chi connectivity index (χ0) is 29.4. The van der Waals surface area contributed by atoms with Crippen molar-refractivity contribution in [3.05, 3.63) is 76.6 Å². The van der Waals surface area contributed by atoms with Crippen molar-refractivity contribution in [2.45, 2.75) is 57.6 Å². The van der Waals surface area contributed by atoms with Gasteiger partial charge in [-0.3, -0.25) is 14.9 Å². The highest BCUT2D eigenvalue weighted by atomic mass is 35.5. The van der Waals surface area contributed by atoms with Crippen molar-refractivity contribution in [3.8, 4) is 11.5 Å². The van der Waals surface area contributed by atoms with E-state index in [0.717, 1.165) is 59.9 Å². The van der Waals surface area contributed by atoms with E-state index < -0.39 is 5.79 Å². The first-order valence-corrected chi connectivity index (χ1v) is 14.4. The summed E-state index contributed by atoms with van der Waals surface area (Å²) >= 11 is 6.04. The average Bonchev–Trinajstić information content (AvgIpc) is 3.53. The van der Waals surface area contributed by atoms with E-state index in [4.69, 9.17) is 41.7 Å². The Labute approximate surface area is 248 Å². The van der Waals surface area contributed by atoms with E-state index in [1.807, 2.05) is 32.0 Å². The molecule has 0 spiro atoms. The maximum absolute atomic E-state index is 9.08. The van der Waals surface area contributed by atoms with Crippen LogP contribution in [0.2, 0.25) is 5.02 Å². The van der Waals surface area contributed by atoms with Gasteiger partial charge in [0.05, 0.1) is 41.4 Å². The van der Waals surface area contributed by atoms with Gasteiger partial charge in [-0.15, -0.1) is 0 Å². The minimum Gasteiger partial charge on any atom is -0.443 e. The van der Waals surface area contributed by atoms with Crippen LogP contribution in [0.1, 0.15) is 55.4 Å². The Kier molecular flexibility index (Phi) is 7.65. The normalized spacial score (nSPS) is 20.3. The molecule has 2 aliphatic rings. The van der Waals surface area contributed by atoms with Crippen LogP contribution in [0.15, 0.2) is 53.9 Å². The molecule has 0 saturated carbocycles. The molecule has 4 aromatic rings. The van der Waals surface area contributed by atoms with E-state index in [1.165, 1.54) is 0 Å². The largest absolute Gasteiger partial charge is 0.443 e. The number of para-hydroxylation sites is 1. The van der Waals surface area contributed by atoms with Gasteiger partial charge in [-0.2, -0.15) is 0 Å². The number of nitrogens with two attached hydrogens (primary N) is 1. The summed E-state index contributed by atoms with van der Waals surface area (Å²) in [7, 11) is 1.70. The summed E-state index contributed by atoms with van der Waals surface area (Å²) in [5, 5.41) is 12.7. The van der Waals surface area contributed by atoms with Crippen molar-refractivity contribution in [2.24, 2.45) is 10.9 Å². The van der Waals surface area contributed by atoms with Crippen molar-refractivity contribution in [2.75, 3.05) is 20.2 Å². The number of aromatic nitrogens is 4. The van der Waals surface area contributed by atoms with Crippen LogP contribution >= 0.6 is 11.6 Å². The van der Waals surface area contributed by atoms with Gasteiger partial charge in [-0.05, 0) is 63.0 Å². The van der Waals surface area contributed by atoms with Gasteiger partial charge in [0, 0.05) is 25.8 Å². The Morgan fingerprint density at radius 1 is 1.21 bits per heavy atom. The average molecular weight is 592 g/mol. The molecule has 11 nitrogen and oxygen atoms in total. The first-order chi connectivity index (χ1) is 20.3. The van der Waals surface area contributed by atoms with Crippen molar-refractivity contribution in [3.63, 3.8) is 0 Å². The van der Waals surface area contributed by atoms with Crippen LogP contribution in [0.5, 0.6) is 11.5 Å². The first-order valence-electron chi connectivity index (χ1n) is 14.0. The van der Waals surface area contributed by atoms with Gasteiger partial charge in [0.15, 0.2) is 17.3 Å². The van der Waals surface area contributed by atoms with Crippen LogP contribution in [0.3, 0.4) is 0 Å². The maximum atomic E-state index is 9.08. The SMILES string of the molecule is CO[C@H](C)Cn1c(CN2CCC(c3cccc4c3OC(C)(c3ccc(Cl)cn3)O4)CC2)nc2cc(C(N)=NO)ncc21. The predicted octanol–water partition coefficient (Wildman–Crippen LogP) is 4.63. The van der Waals surface area contributed by atoms with Gasteiger partial charge in [0.25, 0.3) is 5.79 Å². The number of piperidine rings is 1. The summed E-state index contributed by atoms with van der Waals surface area (Å²) in [5.74, 6) is 1.72. The zero-order valence-corrected chi connectivity index (χ0v) is 24.6. The molecule has 0 amide bonds. The Hall–Kier alpha value is -3.93. The Morgan fingerprint density at radius 3 is 2.74 bits per heavy atom. The summed E-state index contributed by atoms with van der Waals surface area (Å²) in [6.45, 7) is 7.04. The molecular weight excluding hydrogens is 558 g/mol. The molecule has 42 heavy (non-hydrogen) atoms. The second-order valence-corrected chi connectivity index (χ2v) is 11.4. The molecule has 1 unspecified atom stereocenters. The first kappa shape index (κ1) is 28.2. The molecule has 3 aromatic heterocycles. The Morgan fingerprint density at radius 2 is 2.02 bits per heavy atom. The molecule has 5 heterocycles. The van der Waals surface area contributed by atoms with Crippen molar-refractivity contribution < 1.29 is 19.4 Å². The third-order valence-corrected chi connectivity index (χ3v) is 8.35. The molecule has 1 aromatic carbocycles. The fourth-order valence-corrected chi connectivity index (χ4v) is 5.85. The van der Waals surface area contributed by atoms with Crippen LogP contribution in [0.4, 0.5) is 0 Å². The molecule has 0 aliphatic carbocycles. The van der Waals surface area contributed by atoms with Gasteiger partial charge >= 0.3 is 0 Å². The van der Waals surface area contributed by atoms with E-state index in [1.54, 1.807) is 31.6 Å². The van der Waals surface area contributed by atoms with Crippen molar-refractivity contribution in [1.82, 2.24) is 24.4 Å². The zero-order valence-electron chi connectivity index (χ0n) is 23.8. The third-order valence-electron chi connectivity index (χ3n) is 8.12. The number of likely N-dealkylation sites (tertiary alicyclic amines) is 1. The van der Waals surface area contributed by atoms with Crippen molar-refractivity contribution >= 4 is 28.5 Å². The maximum Gasteiger partial charge on any atom is 0.292 e.